The van der Waals surface area contributed by atoms with E-state index >= 15 is 0 Å². The van der Waals surface area contributed by atoms with Crippen molar-refractivity contribution in [3.63, 3.8) is 0 Å². The number of nitriles is 1. The van der Waals surface area contributed by atoms with E-state index in [1.54, 1.807) is 32.3 Å². The summed E-state index contributed by atoms with van der Waals surface area (Å²) in [4.78, 5) is 20.6. The zero-order valence-corrected chi connectivity index (χ0v) is 12.7. The monoisotopic (exact) mass is 301 g/mol. The van der Waals surface area contributed by atoms with Gasteiger partial charge in [0.2, 0.25) is 0 Å². The fraction of sp³-hybridized carbons (Fsp3) is 0.333. The lowest BCUT2D eigenvalue weighted by atomic mass is 9.78. The zero-order valence-electron chi connectivity index (χ0n) is 11.8. The van der Waals surface area contributed by atoms with Crippen LogP contribution in [0, 0.1) is 17.2 Å². The Morgan fingerprint density at radius 2 is 2.33 bits per heavy atom. The molecule has 21 heavy (non-hydrogen) atoms. The number of pyridine rings is 1. The summed E-state index contributed by atoms with van der Waals surface area (Å²) in [6.45, 7) is 3.77. The Kier molecular flexibility index (Phi) is 4.76. The van der Waals surface area contributed by atoms with Gasteiger partial charge in [0.25, 0.3) is 0 Å². The molecule has 2 rings (SSSR count). The van der Waals surface area contributed by atoms with Gasteiger partial charge in [-0.05, 0) is 25.5 Å². The summed E-state index contributed by atoms with van der Waals surface area (Å²) in [6, 6.07) is 5.71. The predicted molar refractivity (Wildman–Crippen MR) is 81.8 cm³/mol. The van der Waals surface area contributed by atoms with Crippen molar-refractivity contribution in [1.29, 1.82) is 5.26 Å². The van der Waals surface area contributed by atoms with Gasteiger partial charge < -0.3 is 4.74 Å². The van der Waals surface area contributed by atoms with Gasteiger partial charge in [0, 0.05) is 24.0 Å². The molecular weight excluding hydrogens is 286 g/mol. The number of aromatic nitrogens is 1. The van der Waals surface area contributed by atoms with Gasteiger partial charge in [-0.2, -0.15) is 5.26 Å². The topological polar surface area (TPSA) is 75.3 Å². The fourth-order valence-electron chi connectivity index (χ4n) is 2.42. The smallest absolute Gasteiger partial charge is 0.315 e. The highest BCUT2D eigenvalue weighted by atomic mass is 32.1. The molecule has 0 radical (unpaired) electrons. The number of carbonyl (C=O) groups excluding carboxylic acids is 1. The molecule has 0 N–H and O–H groups in total. The van der Waals surface area contributed by atoms with Gasteiger partial charge >= 0.3 is 5.97 Å². The molecule has 0 spiro atoms. The molecule has 1 unspecified atom stereocenters. The van der Waals surface area contributed by atoms with E-state index in [1.165, 1.54) is 0 Å². The standard InChI is InChI=1S/C15H15N3O2S/c1-3-20-15(19)12-9(2)18-14(21)11(7-16)13(12)10-5-4-6-17-8-10/h4-6,8,12-13,21H,3H2,1-2H3/t12?,13-/m1/s1. The van der Waals surface area contributed by atoms with Gasteiger partial charge in [-0.3, -0.25) is 9.78 Å². The van der Waals surface area contributed by atoms with E-state index in [-0.39, 0.29) is 12.6 Å². The number of esters is 1. The average molecular weight is 301 g/mol. The number of thiol groups is 1. The Balaban J connectivity index is 2.55. The lowest BCUT2D eigenvalue weighted by Gasteiger charge is -2.29. The number of hydrogen-bond acceptors (Lipinski definition) is 6. The molecule has 0 aromatic carbocycles. The van der Waals surface area contributed by atoms with Gasteiger partial charge in [-0.25, -0.2) is 4.99 Å². The van der Waals surface area contributed by atoms with Gasteiger partial charge in [0.1, 0.15) is 10.9 Å². The molecule has 1 aliphatic heterocycles. The second kappa shape index (κ2) is 6.55. The van der Waals surface area contributed by atoms with Gasteiger partial charge in [0.15, 0.2) is 0 Å². The van der Waals surface area contributed by atoms with E-state index in [0.29, 0.717) is 16.3 Å². The maximum Gasteiger partial charge on any atom is 0.315 e. The van der Waals surface area contributed by atoms with Crippen molar-refractivity contribution in [1.82, 2.24) is 4.98 Å². The molecule has 0 saturated heterocycles. The van der Waals surface area contributed by atoms with E-state index in [1.807, 2.05) is 6.07 Å². The summed E-state index contributed by atoms with van der Waals surface area (Å²) in [5.41, 5.74) is 1.72. The van der Waals surface area contributed by atoms with Crippen molar-refractivity contribution in [2.75, 3.05) is 6.61 Å². The molecule has 1 aliphatic rings. The highest BCUT2D eigenvalue weighted by Gasteiger charge is 2.39. The van der Waals surface area contributed by atoms with Crippen molar-refractivity contribution < 1.29 is 9.53 Å². The normalized spacial score (nSPS) is 21.5. The minimum atomic E-state index is -0.625. The van der Waals surface area contributed by atoms with Crippen LogP contribution in [0.4, 0.5) is 0 Å². The molecule has 1 aromatic rings. The van der Waals surface area contributed by atoms with Crippen LogP contribution in [0.1, 0.15) is 25.3 Å². The highest BCUT2D eigenvalue weighted by Crippen LogP contribution is 2.39. The zero-order chi connectivity index (χ0) is 15.4. The maximum atomic E-state index is 12.3. The van der Waals surface area contributed by atoms with Gasteiger partial charge in [-0.15, -0.1) is 12.6 Å². The second-order valence-electron chi connectivity index (χ2n) is 4.60. The first-order chi connectivity index (χ1) is 10.1. The Bertz CT molecular complexity index is 647. The number of ether oxygens (including phenoxy) is 1. The molecule has 0 saturated carbocycles. The Morgan fingerprint density at radius 3 is 2.90 bits per heavy atom. The van der Waals surface area contributed by atoms with Crippen molar-refractivity contribution in [3.8, 4) is 6.07 Å². The van der Waals surface area contributed by atoms with E-state index < -0.39 is 11.8 Å². The van der Waals surface area contributed by atoms with Crippen LogP contribution in [-0.4, -0.2) is 23.3 Å². The molecule has 0 bridgehead atoms. The Morgan fingerprint density at radius 1 is 1.57 bits per heavy atom. The molecule has 0 fully saturated rings. The molecule has 2 heterocycles. The third kappa shape index (κ3) is 2.98. The second-order valence-corrected chi connectivity index (χ2v) is 5.02. The van der Waals surface area contributed by atoms with Crippen LogP contribution < -0.4 is 0 Å². The van der Waals surface area contributed by atoms with Crippen molar-refractivity contribution in [2.45, 2.75) is 19.8 Å². The first-order valence-corrected chi connectivity index (χ1v) is 6.99. The number of aliphatic imine (C=N–C) groups is 1. The van der Waals surface area contributed by atoms with Crippen LogP contribution in [0.15, 0.2) is 40.1 Å². The summed E-state index contributed by atoms with van der Waals surface area (Å²) in [5, 5.41) is 9.75. The van der Waals surface area contributed by atoms with Gasteiger partial charge in [-0.1, -0.05) is 6.07 Å². The molecule has 108 valence electrons. The quantitative estimate of drug-likeness (QED) is 0.687. The van der Waals surface area contributed by atoms with E-state index in [2.05, 4.69) is 28.7 Å². The summed E-state index contributed by atoms with van der Waals surface area (Å²) >= 11 is 4.26. The SMILES string of the molecule is CCOC(=O)C1C(C)=NC(S)=C(C#N)[C@H]1c1cccnc1. The fourth-order valence-corrected chi connectivity index (χ4v) is 2.77. The van der Waals surface area contributed by atoms with E-state index in [4.69, 9.17) is 4.74 Å². The first-order valence-electron chi connectivity index (χ1n) is 6.55. The number of carbonyl (C=O) groups is 1. The minimum Gasteiger partial charge on any atom is -0.465 e. The third-order valence-corrected chi connectivity index (χ3v) is 3.66. The summed E-state index contributed by atoms with van der Waals surface area (Å²) in [7, 11) is 0. The van der Waals surface area contributed by atoms with E-state index in [9.17, 15) is 10.1 Å². The molecule has 0 amide bonds. The molecule has 5 nitrogen and oxygen atoms in total. The van der Waals surface area contributed by atoms with E-state index in [0.717, 1.165) is 5.56 Å². The lowest BCUT2D eigenvalue weighted by Crippen LogP contribution is -2.34. The van der Waals surface area contributed by atoms with Crippen molar-refractivity contribution in [3.05, 3.63) is 40.7 Å². The number of allylic oxidation sites excluding steroid dienone is 1. The van der Waals surface area contributed by atoms with Gasteiger partial charge in [0.05, 0.1) is 18.2 Å². The van der Waals surface area contributed by atoms with Crippen LogP contribution in [0.5, 0.6) is 0 Å². The van der Waals surface area contributed by atoms with Crippen LogP contribution in [0.2, 0.25) is 0 Å². The number of nitrogens with zero attached hydrogens (tertiary/aromatic N) is 3. The molecule has 0 aliphatic carbocycles. The molecule has 6 heteroatoms. The Labute approximate surface area is 128 Å². The summed E-state index contributed by atoms with van der Waals surface area (Å²) in [5.74, 6) is -1.48. The first kappa shape index (κ1) is 15.3. The third-order valence-electron chi connectivity index (χ3n) is 3.32. The highest BCUT2D eigenvalue weighted by molar-refractivity contribution is 7.84. The van der Waals surface area contributed by atoms with Crippen LogP contribution in [-0.2, 0) is 9.53 Å². The lowest BCUT2D eigenvalue weighted by molar-refractivity contribution is -0.146. The summed E-state index contributed by atoms with van der Waals surface area (Å²) in [6.07, 6.45) is 3.29. The molecule has 2 atom stereocenters. The Hall–Kier alpha value is -2.13. The molecule has 1 aromatic heterocycles. The van der Waals surface area contributed by atoms with Crippen molar-refractivity contribution >= 4 is 24.3 Å². The largest absolute Gasteiger partial charge is 0.465 e. The number of hydrogen-bond donors (Lipinski definition) is 1. The summed E-state index contributed by atoms with van der Waals surface area (Å²) < 4.78 is 5.13. The van der Waals surface area contributed by atoms with Crippen molar-refractivity contribution in [2.24, 2.45) is 10.9 Å². The maximum absolute atomic E-state index is 12.3. The predicted octanol–water partition coefficient (Wildman–Crippen LogP) is 2.48. The van der Waals surface area contributed by atoms with Crippen LogP contribution in [0.25, 0.3) is 0 Å². The van der Waals surface area contributed by atoms with Crippen LogP contribution in [0.3, 0.4) is 0 Å². The average Bonchev–Trinajstić information content (AvgIpc) is 2.47. The minimum absolute atomic E-state index is 0.279. The van der Waals surface area contributed by atoms with Crippen LogP contribution >= 0.6 is 12.6 Å². The molecular formula is C15H15N3O2S. The number of rotatable bonds is 3.